The van der Waals surface area contributed by atoms with E-state index in [2.05, 4.69) is 10.6 Å². The molecule has 10 heteroatoms. The van der Waals surface area contributed by atoms with Crippen molar-refractivity contribution < 1.29 is 29.7 Å². The monoisotopic (exact) mass is 418 g/mol. The number of benzene rings is 1. The van der Waals surface area contributed by atoms with Gasteiger partial charge in [0, 0.05) is 5.56 Å². The van der Waals surface area contributed by atoms with Crippen molar-refractivity contribution in [1.29, 1.82) is 0 Å². The number of hydrogen-bond acceptors (Lipinski definition) is 7. The zero-order valence-electron chi connectivity index (χ0n) is 16.2. The highest BCUT2D eigenvalue weighted by Crippen LogP contribution is 2.29. The number of allylic oxidation sites excluding steroid dienone is 3. The fourth-order valence-electron chi connectivity index (χ4n) is 3.00. The number of rotatable bonds is 4. The molecule has 0 aromatic heterocycles. The first-order chi connectivity index (χ1) is 14.2. The molecule has 1 aliphatic rings. The van der Waals surface area contributed by atoms with E-state index in [1.165, 1.54) is 6.07 Å². The van der Waals surface area contributed by atoms with E-state index < -0.39 is 36.0 Å². The van der Waals surface area contributed by atoms with Gasteiger partial charge in [-0.15, -0.1) is 0 Å². The SMILES string of the molecule is NC1NC(=O)C(N)c2cc(ccc2O)/C(C/C=C\CO)=C/CCC(C(=O)O)NC1=O. The number of carbonyl (C=O) groups excluding carboxylic acids is 2. The average molecular weight is 418 g/mol. The number of amides is 2. The Bertz CT molecular complexity index is 867. The molecule has 2 bridgehead atoms. The minimum atomic E-state index is -1.51. The number of aliphatic hydroxyl groups excluding tert-OH is 1. The van der Waals surface area contributed by atoms with Crippen LogP contribution in [0, 0.1) is 0 Å². The van der Waals surface area contributed by atoms with Gasteiger partial charge in [0.1, 0.15) is 17.8 Å². The Balaban J connectivity index is 2.50. The molecule has 3 atom stereocenters. The summed E-state index contributed by atoms with van der Waals surface area (Å²) in [7, 11) is 0. The van der Waals surface area contributed by atoms with Crippen LogP contribution < -0.4 is 22.1 Å². The highest BCUT2D eigenvalue weighted by Gasteiger charge is 2.27. The fourth-order valence-corrected chi connectivity index (χ4v) is 3.00. The molecule has 1 aromatic rings. The Morgan fingerprint density at radius 1 is 1.17 bits per heavy atom. The van der Waals surface area contributed by atoms with Gasteiger partial charge in [0.15, 0.2) is 6.17 Å². The number of nitrogens with one attached hydrogen (secondary N) is 2. The van der Waals surface area contributed by atoms with E-state index in [0.717, 1.165) is 5.57 Å². The van der Waals surface area contributed by atoms with E-state index in [9.17, 15) is 24.6 Å². The number of fused-ring (bicyclic) bond motifs is 2. The fraction of sp³-hybridized carbons (Fsp3) is 0.350. The molecule has 0 radical (unpaired) electrons. The van der Waals surface area contributed by atoms with Crippen molar-refractivity contribution in [2.24, 2.45) is 11.5 Å². The Morgan fingerprint density at radius 2 is 1.90 bits per heavy atom. The van der Waals surface area contributed by atoms with Crippen molar-refractivity contribution in [3.8, 4) is 5.75 Å². The number of carboxylic acids is 1. The van der Waals surface area contributed by atoms with Crippen LogP contribution in [0.25, 0.3) is 5.57 Å². The van der Waals surface area contributed by atoms with Gasteiger partial charge in [-0.2, -0.15) is 0 Å². The molecule has 1 aromatic carbocycles. The number of carbonyl (C=O) groups is 3. The minimum absolute atomic E-state index is 0.0966. The molecule has 1 heterocycles. The van der Waals surface area contributed by atoms with Crippen molar-refractivity contribution in [2.45, 2.75) is 37.5 Å². The summed E-state index contributed by atoms with van der Waals surface area (Å²) in [5, 5.41) is 33.0. The molecule has 2 rings (SSSR count). The lowest BCUT2D eigenvalue weighted by atomic mass is 9.95. The molecule has 0 aliphatic carbocycles. The number of aliphatic hydroxyl groups is 1. The predicted molar refractivity (Wildman–Crippen MR) is 109 cm³/mol. The van der Waals surface area contributed by atoms with Gasteiger partial charge in [-0.1, -0.05) is 24.3 Å². The molecule has 0 spiro atoms. The van der Waals surface area contributed by atoms with Crippen molar-refractivity contribution in [1.82, 2.24) is 10.6 Å². The molecule has 10 nitrogen and oxygen atoms in total. The number of hydrogen-bond donors (Lipinski definition) is 7. The first-order valence-corrected chi connectivity index (χ1v) is 9.37. The standard InChI is InChI=1S/C20H26N4O6/c21-16-13-10-12(7-8-15(13)26)11(4-1-2-9-25)5-3-6-14(20(29)30)23-19(28)17(22)24-18(16)27/h1-2,5,7-8,10,14,16-17,25-26H,3-4,6,9,21-22H2,(H,23,28)(H,24,27)(H,29,30)/b2-1-,11-5+. The summed E-state index contributed by atoms with van der Waals surface area (Å²) in [5.74, 6) is -3.09. The summed E-state index contributed by atoms with van der Waals surface area (Å²) in [6, 6.07) is 2.11. The zero-order chi connectivity index (χ0) is 22.3. The molecule has 0 saturated heterocycles. The van der Waals surface area contributed by atoms with Gasteiger partial charge >= 0.3 is 5.97 Å². The van der Waals surface area contributed by atoms with Gasteiger partial charge in [-0.3, -0.25) is 9.59 Å². The van der Waals surface area contributed by atoms with Crippen LogP contribution in [-0.2, 0) is 14.4 Å². The Hall–Kier alpha value is -3.21. The Morgan fingerprint density at radius 3 is 2.57 bits per heavy atom. The zero-order valence-corrected chi connectivity index (χ0v) is 16.2. The summed E-state index contributed by atoms with van der Waals surface area (Å²) >= 11 is 0. The molecule has 2 amide bonds. The quantitative estimate of drug-likeness (QED) is 0.318. The smallest absolute Gasteiger partial charge is 0.326 e. The number of phenols is 1. The molecule has 162 valence electrons. The summed E-state index contributed by atoms with van der Waals surface area (Å²) in [4.78, 5) is 36.1. The van der Waals surface area contributed by atoms with Gasteiger partial charge < -0.3 is 37.4 Å². The van der Waals surface area contributed by atoms with E-state index in [-0.39, 0.29) is 24.3 Å². The number of phenolic OH excluding ortho intramolecular Hbond substituents is 1. The molecule has 3 unspecified atom stereocenters. The Labute approximate surface area is 173 Å². The molecule has 1 aliphatic heterocycles. The highest BCUT2D eigenvalue weighted by atomic mass is 16.4. The second kappa shape index (κ2) is 10.5. The van der Waals surface area contributed by atoms with Crippen LogP contribution >= 0.6 is 0 Å². The number of nitrogens with two attached hydrogens (primary N) is 2. The number of aromatic hydroxyl groups is 1. The lowest BCUT2D eigenvalue weighted by Gasteiger charge is -2.21. The van der Waals surface area contributed by atoms with Crippen molar-refractivity contribution in [3.63, 3.8) is 0 Å². The van der Waals surface area contributed by atoms with E-state index >= 15 is 0 Å². The Kier molecular flexibility index (Phi) is 8.10. The maximum Gasteiger partial charge on any atom is 0.326 e. The van der Waals surface area contributed by atoms with E-state index in [4.69, 9.17) is 16.6 Å². The summed E-state index contributed by atoms with van der Waals surface area (Å²) in [5.41, 5.74) is 13.2. The van der Waals surface area contributed by atoms with Crippen LogP contribution in [0.3, 0.4) is 0 Å². The highest BCUT2D eigenvalue weighted by molar-refractivity contribution is 5.92. The second-order valence-electron chi connectivity index (χ2n) is 6.80. The molecule has 0 saturated carbocycles. The van der Waals surface area contributed by atoms with E-state index in [1.807, 2.05) is 0 Å². The van der Waals surface area contributed by atoms with Gasteiger partial charge in [-0.25, -0.2) is 4.79 Å². The van der Waals surface area contributed by atoms with Crippen molar-refractivity contribution in [2.75, 3.05) is 6.61 Å². The lowest BCUT2D eigenvalue weighted by Crippen LogP contribution is -2.57. The minimum Gasteiger partial charge on any atom is -0.508 e. The number of aliphatic carboxylic acids is 1. The predicted octanol–water partition coefficient (Wildman–Crippen LogP) is -0.522. The molecular formula is C20H26N4O6. The van der Waals surface area contributed by atoms with Crippen LogP contribution in [-0.4, -0.2) is 51.9 Å². The summed E-state index contributed by atoms with van der Waals surface area (Å²) in [6.45, 7) is -0.132. The van der Waals surface area contributed by atoms with Gasteiger partial charge in [-0.05, 0) is 42.5 Å². The first kappa shape index (κ1) is 23.1. The van der Waals surface area contributed by atoms with E-state index in [0.29, 0.717) is 18.4 Å². The van der Waals surface area contributed by atoms with Crippen LogP contribution in [0.4, 0.5) is 0 Å². The van der Waals surface area contributed by atoms with Gasteiger partial charge in [0.2, 0.25) is 5.91 Å². The molecule has 30 heavy (non-hydrogen) atoms. The summed E-state index contributed by atoms with van der Waals surface area (Å²) < 4.78 is 0. The van der Waals surface area contributed by atoms with Crippen LogP contribution in [0.15, 0.2) is 36.4 Å². The number of carboxylic acid groups (broad SMARTS) is 1. The molecule has 9 N–H and O–H groups in total. The van der Waals surface area contributed by atoms with Crippen molar-refractivity contribution in [3.05, 3.63) is 47.6 Å². The van der Waals surface area contributed by atoms with Crippen LogP contribution in [0.2, 0.25) is 0 Å². The van der Waals surface area contributed by atoms with Gasteiger partial charge in [0.25, 0.3) is 5.91 Å². The maximum atomic E-state index is 12.4. The molecule has 0 fully saturated rings. The topological polar surface area (TPSA) is 188 Å². The summed E-state index contributed by atoms with van der Waals surface area (Å²) in [6.07, 6.45) is 4.44. The third-order valence-electron chi connectivity index (χ3n) is 4.67. The largest absolute Gasteiger partial charge is 0.508 e. The third kappa shape index (κ3) is 5.89. The van der Waals surface area contributed by atoms with Crippen LogP contribution in [0.1, 0.15) is 36.4 Å². The second-order valence-corrected chi connectivity index (χ2v) is 6.80. The van der Waals surface area contributed by atoms with E-state index in [1.54, 1.807) is 30.4 Å². The van der Waals surface area contributed by atoms with Gasteiger partial charge in [0.05, 0.1) is 6.61 Å². The average Bonchev–Trinajstić information content (AvgIpc) is 2.70. The molecular weight excluding hydrogens is 392 g/mol. The maximum absolute atomic E-state index is 12.4. The van der Waals surface area contributed by atoms with Crippen molar-refractivity contribution >= 4 is 23.4 Å². The third-order valence-corrected chi connectivity index (χ3v) is 4.67. The first-order valence-electron chi connectivity index (χ1n) is 9.37. The van der Waals surface area contributed by atoms with Crippen LogP contribution in [0.5, 0.6) is 5.75 Å². The lowest BCUT2D eigenvalue weighted by molar-refractivity contribution is -0.142. The normalized spacial score (nSPS) is 25.0.